The minimum absolute atomic E-state index is 0.0409. The van der Waals surface area contributed by atoms with Crippen molar-refractivity contribution in [2.24, 2.45) is 0 Å². The van der Waals surface area contributed by atoms with Gasteiger partial charge in [-0.3, -0.25) is 30.3 Å². The maximum atomic E-state index is 10.5. The molecule has 0 heterocycles. The van der Waals surface area contributed by atoms with Crippen molar-refractivity contribution in [3.05, 3.63) is 176 Å². The van der Waals surface area contributed by atoms with Crippen LogP contribution in [0.3, 0.4) is 0 Å². The first-order valence-corrected chi connectivity index (χ1v) is 14.1. The van der Waals surface area contributed by atoms with Crippen LogP contribution < -0.4 is 0 Å². The Morgan fingerprint density at radius 1 is 0.333 bits per heavy atom. The second kappa shape index (κ2) is 15.8. The number of phenolic OH excluding ortho intramolecular Hbond substituents is 3. The van der Waals surface area contributed by atoms with E-state index in [1.165, 1.54) is 36.4 Å². The van der Waals surface area contributed by atoms with Crippen molar-refractivity contribution in [1.82, 2.24) is 0 Å². The number of nitro benzene ring substituents is 3. The van der Waals surface area contributed by atoms with Crippen LogP contribution in [0.2, 0.25) is 0 Å². The van der Waals surface area contributed by atoms with Gasteiger partial charge in [0.2, 0.25) is 0 Å². The number of nitrogens with zero attached hydrogens (tertiary/aromatic N) is 3. The van der Waals surface area contributed by atoms with E-state index in [9.17, 15) is 45.7 Å². The molecule has 0 radical (unpaired) electrons. The second-order valence-corrected chi connectivity index (χ2v) is 9.96. The molecule has 0 aliphatic heterocycles. The Labute approximate surface area is 273 Å². The monoisotopic (exact) mass is 645 g/mol. The van der Waals surface area contributed by atoms with Crippen molar-refractivity contribution in [1.29, 1.82) is 0 Å². The highest BCUT2D eigenvalue weighted by molar-refractivity contribution is 5.72. The largest absolute Gasteiger partial charge is 0.507 e. The molecule has 0 amide bonds. The molecule has 0 fully saturated rings. The van der Waals surface area contributed by atoms with Gasteiger partial charge >= 0.3 is 0 Å². The predicted octanol–water partition coefficient (Wildman–Crippen LogP) is 8.90. The molecule has 0 aliphatic rings. The Hall–Kier alpha value is -7.08. The molecule has 0 atom stereocenters. The molecule has 6 rings (SSSR count). The Balaban J connectivity index is 0.000000163. The van der Waals surface area contributed by atoms with Gasteiger partial charge < -0.3 is 15.3 Å². The number of non-ortho nitro benzene ring substituents is 3. The summed E-state index contributed by atoms with van der Waals surface area (Å²) in [5.41, 5.74) is 4.38. The van der Waals surface area contributed by atoms with Gasteiger partial charge in [-0.05, 0) is 71.3 Å². The highest BCUT2D eigenvalue weighted by atomic mass is 16.6. The number of aromatic hydroxyl groups is 3. The SMILES string of the molecule is O=[N+]([O-])c1ccc(-c2ccccc2O)cc1.O=[N+]([O-])c1ccc(-c2ccccc2O)cc1.O=[N+]([O-])c1ccc(-c2ccccc2O)cc1. The van der Waals surface area contributed by atoms with Crippen LogP contribution in [0.4, 0.5) is 17.1 Å². The fourth-order valence-electron chi connectivity index (χ4n) is 4.44. The first kappa shape index (κ1) is 33.8. The molecule has 12 nitrogen and oxygen atoms in total. The third-order valence-electron chi connectivity index (χ3n) is 6.88. The number of rotatable bonds is 6. The molecule has 0 unspecified atom stereocenters. The van der Waals surface area contributed by atoms with Crippen molar-refractivity contribution in [3.63, 3.8) is 0 Å². The van der Waals surface area contributed by atoms with Crippen LogP contribution in [0.1, 0.15) is 0 Å². The van der Waals surface area contributed by atoms with Crippen molar-refractivity contribution in [2.75, 3.05) is 0 Å². The summed E-state index contributed by atoms with van der Waals surface area (Å²) < 4.78 is 0. The zero-order valence-corrected chi connectivity index (χ0v) is 25.0. The fourth-order valence-corrected chi connectivity index (χ4v) is 4.44. The van der Waals surface area contributed by atoms with E-state index in [0.717, 1.165) is 16.7 Å². The molecule has 0 aromatic heterocycles. The Morgan fingerprint density at radius 2 is 0.542 bits per heavy atom. The highest BCUT2D eigenvalue weighted by Gasteiger charge is 2.09. The zero-order valence-electron chi connectivity index (χ0n) is 25.0. The van der Waals surface area contributed by atoms with E-state index in [-0.39, 0.29) is 34.3 Å². The number of nitro groups is 3. The van der Waals surface area contributed by atoms with Gasteiger partial charge in [0.15, 0.2) is 0 Å². The van der Waals surface area contributed by atoms with Gasteiger partial charge in [-0.1, -0.05) is 54.6 Å². The molecular weight excluding hydrogens is 618 g/mol. The molecule has 0 aliphatic carbocycles. The molecule has 3 N–H and O–H groups in total. The lowest BCUT2D eigenvalue weighted by molar-refractivity contribution is -0.385. The van der Waals surface area contributed by atoms with Gasteiger partial charge in [0.25, 0.3) is 17.1 Å². The standard InChI is InChI=1S/3C12H9NO3/c3*14-12-4-2-1-3-11(12)9-5-7-10(8-6-9)13(15)16/h3*1-8,14H. The lowest BCUT2D eigenvalue weighted by Crippen LogP contribution is -1.87. The third-order valence-corrected chi connectivity index (χ3v) is 6.88. The number of benzene rings is 6. The van der Waals surface area contributed by atoms with E-state index in [1.54, 1.807) is 109 Å². The number of hydrogen-bond donors (Lipinski definition) is 3. The zero-order chi connectivity index (χ0) is 34.6. The molecule has 240 valence electrons. The van der Waals surface area contributed by atoms with Gasteiger partial charge in [0.05, 0.1) is 14.8 Å². The molecular formula is C36H27N3O9. The van der Waals surface area contributed by atoms with E-state index in [2.05, 4.69) is 0 Å². The first-order chi connectivity index (χ1) is 23.0. The summed E-state index contributed by atoms with van der Waals surface area (Å²) >= 11 is 0. The topological polar surface area (TPSA) is 190 Å². The Kier molecular flexibility index (Phi) is 11.1. The summed E-state index contributed by atoms with van der Waals surface area (Å²) in [6.07, 6.45) is 0. The summed E-state index contributed by atoms with van der Waals surface area (Å²) in [5, 5.41) is 60.2. The molecule has 0 saturated heterocycles. The summed E-state index contributed by atoms with van der Waals surface area (Å²) in [5.74, 6) is 0.490. The maximum Gasteiger partial charge on any atom is 0.269 e. The summed E-state index contributed by atoms with van der Waals surface area (Å²) in [7, 11) is 0. The van der Waals surface area contributed by atoms with Crippen molar-refractivity contribution in [2.45, 2.75) is 0 Å². The van der Waals surface area contributed by atoms with E-state index in [4.69, 9.17) is 0 Å². The predicted molar refractivity (Wildman–Crippen MR) is 181 cm³/mol. The lowest BCUT2D eigenvalue weighted by atomic mass is 10.0. The molecule has 6 aromatic carbocycles. The summed E-state index contributed by atoms with van der Waals surface area (Å²) in [6.45, 7) is 0. The molecule has 12 heteroatoms. The van der Waals surface area contributed by atoms with Crippen LogP contribution in [-0.4, -0.2) is 30.1 Å². The quantitative estimate of drug-likeness (QED) is 0.117. The van der Waals surface area contributed by atoms with Gasteiger partial charge in [0, 0.05) is 53.1 Å². The molecule has 0 spiro atoms. The van der Waals surface area contributed by atoms with E-state index < -0.39 is 14.8 Å². The average molecular weight is 646 g/mol. The molecule has 0 bridgehead atoms. The van der Waals surface area contributed by atoms with E-state index in [1.807, 2.05) is 0 Å². The molecule has 48 heavy (non-hydrogen) atoms. The minimum Gasteiger partial charge on any atom is -0.507 e. The smallest absolute Gasteiger partial charge is 0.269 e. The number of para-hydroxylation sites is 3. The lowest BCUT2D eigenvalue weighted by Gasteiger charge is -2.03. The Morgan fingerprint density at radius 3 is 0.729 bits per heavy atom. The number of hydrogen-bond acceptors (Lipinski definition) is 9. The maximum absolute atomic E-state index is 10.5. The van der Waals surface area contributed by atoms with Gasteiger partial charge in [-0.2, -0.15) is 0 Å². The number of phenols is 3. The van der Waals surface area contributed by atoms with Crippen LogP contribution in [-0.2, 0) is 0 Å². The normalized spacial score (nSPS) is 10.0. The van der Waals surface area contributed by atoms with Crippen molar-refractivity contribution in [3.8, 4) is 50.6 Å². The first-order valence-electron chi connectivity index (χ1n) is 14.1. The van der Waals surface area contributed by atoms with Crippen molar-refractivity contribution < 1.29 is 30.1 Å². The van der Waals surface area contributed by atoms with Gasteiger partial charge in [0.1, 0.15) is 17.2 Å². The fraction of sp³-hybridized carbons (Fsp3) is 0. The Bertz CT molecular complexity index is 1800. The van der Waals surface area contributed by atoms with Gasteiger partial charge in [-0.25, -0.2) is 0 Å². The average Bonchev–Trinajstić information content (AvgIpc) is 3.10. The van der Waals surface area contributed by atoms with Crippen LogP contribution in [0.5, 0.6) is 17.2 Å². The van der Waals surface area contributed by atoms with Crippen LogP contribution in [0.25, 0.3) is 33.4 Å². The van der Waals surface area contributed by atoms with Gasteiger partial charge in [-0.15, -0.1) is 0 Å². The highest BCUT2D eigenvalue weighted by Crippen LogP contribution is 2.31. The second-order valence-electron chi connectivity index (χ2n) is 9.96. The molecule has 6 aromatic rings. The van der Waals surface area contributed by atoms with Crippen molar-refractivity contribution >= 4 is 17.1 Å². The van der Waals surface area contributed by atoms with Crippen LogP contribution in [0.15, 0.2) is 146 Å². The van der Waals surface area contributed by atoms with Crippen LogP contribution >= 0.6 is 0 Å². The van der Waals surface area contributed by atoms with E-state index >= 15 is 0 Å². The third kappa shape index (κ3) is 8.76. The van der Waals surface area contributed by atoms with Crippen LogP contribution in [0, 0.1) is 30.3 Å². The van der Waals surface area contributed by atoms with E-state index in [0.29, 0.717) is 16.7 Å². The summed E-state index contributed by atoms with van der Waals surface area (Å²) in [4.78, 5) is 30.1. The molecule has 0 saturated carbocycles. The minimum atomic E-state index is -0.450. The summed E-state index contributed by atoms with van der Waals surface area (Å²) in [6, 6.07) is 38.8.